The normalized spacial score (nSPS) is 17.4. The summed E-state index contributed by atoms with van der Waals surface area (Å²) in [6, 6.07) is 5.28. The van der Waals surface area contributed by atoms with Crippen molar-refractivity contribution >= 4 is 36.5 Å². The summed E-state index contributed by atoms with van der Waals surface area (Å²) in [5, 5.41) is 3.80. The quantitative estimate of drug-likeness (QED) is 0.442. The minimum Gasteiger partial charge on any atom is -0.369 e. The summed E-state index contributed by atoms with van der Waals surface area (Å²) < 4.78 is 25.5. The van der Waals surface area contributed by atoms with Crippen LogP contribution in [0.1, 0.15) is 58.8 Å². The predicted molar refractivity (Wildman–Crippen MR) is 106 cm³/mol. The summed E-state index contributed by atoms with van der Waals surface area (Å²) in [6.07, 6.45) is 6.15. The maximum Gasteiger partial charge on any atom is 0.355 e. The monoisotopic (exact) mass is 407 g/mol. The molecule has 25 heavy (non-hydrogen) atoms. The fourth-order valence-corrected chi connectivity index (χ4v) is 6.28. The minimum absolute atomic E-state index is 0.417. The third kappa shape index (κ3) is 5.37. The first-order valence-corrected chi connectivity index (χ1v) is 11.4. The van der Waals surface area contributed by atoms with Crippen molar-refractivity contribution in [1.29, 1.82) is 0 Å². The summed E-state index contributed by atoms with van der Waals surface area (Å²) in [5.41, 5.74) is 0.750. The van der Waals surface area contributed by atoms with Crippen LogP contribution in [0.25, 0.3) is 0 Å². The van der Waals surface area contributed by atoms with Crippen LogP contribution >= 0.6 is 30.8 Å². The molecule has 2 rings (SSSR count). The van der Waals surface area contributed by atoms with Gasteiger partial charge in [-0.15, -0.1) is 0 Å². The first-order valence-electron chi connectivity index (χ1n) is 9.08. The zero-order valence-corrected chi connectivity index (χ0v) is 17.4. The molecule has 1 saturated carbocycles. The first kappa shape index (κ1) is 21.1. The molecule has 1 aliphatic carbocycles. The van der Waals surface area contributed by atoms with Crippen molar-refractivity contribution in [1.82, 2.24) is 0 Å². The van der Waals surface area contributed by atoms with Crippen molar-refractivity contribution < 1.29 is 13.6 Å². The smallest absolute Gasteiger partial charge is 0.355 e. The molecule has 0 aromatic heterocycles. The highest BCUT2D eigenvalue weighted by atomic mass is 35.5. The second-order valence-electron chi connectivity index (χ2n) is 6.54. The molecule has 0 saturated heterocycles. The highest BCUT2D eigenvalue weighted by molar-refractivity contribution is 7.55. The molecule has 1 aliphatic rings. The predicted octanol–water partition coefficient (Wildman–Crippen LogP) is 7.11. The van der Waals surface area contributed by atoms with Crippen LogP contribution in [0, 0.1) is 0 Å². The van der Waals surface area contributed by atoms with E-state index in [-0.39, 0.29) is 0 Å². The fraction of sp³-hybridized carbons (Fsp3) is 0.667. The standard InChI is InChI=1S/C18H28Cl2NO3P/c1-3-10-23-25(22,24-11-4-2)18(8-6-5-7-9-18)21-17-13-15(19)12-16(20)14-17/h12-14,21H,3-11H2,1-2H3. The van der Waals surface area contributed by atoms with Gasteiger partial charge in [-0.1, -0.05) is 56.3 Å². The molecule has 1 fully saturated rings. The topological polar surface area (TPSA) is 47.6 Å². The lowest BCUT2D eigenvalue weighted by Gasteiger charge is -2.43. The van der Waals surface area contributed by atoms with Gasteiger partial charge in [-0.25, -0.2) is 0 Å². The van der Waals surface area contributed by atoms with E-state index in [4.69, 9.17) is 32.2 Å². The molecular formula is C18H28Cl2NO3P. The second-order valence-corrected chi connectivity index (χ2v) is 9.78. The molecular weight excluding hydrogens is 380 g/mol. The van der Waals surface area contributed by atoms with Gasteiger partial charge in [-0.3, -0.25) is 4.57 Å². The van der Waals surface area contributed by atoms with Crippen LogP contribution in [0.3, 0.4) is 0 Å². The van der Waals surface area contributed by atoms with E-state index in [0.29, 0.717) is 23.3 Å². The SMILES string of the molecule is CCCOP(=O)(OCCC)C1(Nc2cc(Cl)cc(Cl)c2)CCCCC1. The number of rotatable bonds is 9. The average molecular weight is 408 g/mol. The number of anilines is 1. The van der Waals surface area contributed by atoms with Gasteiger partial charge in [0.2, 0.25) is 0 Å². The maximum absolute atomic E-state index is 13.8. The molecule has 0 radical (unpaired) electrons. The second kappa shape index (κ2) is 9.62. The Morgan fingerprint density at radius 1 is 1.00 bits per heavy atom. The average Bonchev–Trinajstić information content (AvgIpc) is 2.58. The van der Waals surface area contributed by atoms with E-state index in [1.54, 1.807) is 18.2 Å². The zero-order chi connectivity index (χ0) is 18.3. The van der Waals surface area contributed by atoms with Gasteiger partial charge in [-0.2, -0.15) is 0 Å². The molecule has 0 bridgehead atoms. The maximum atomic E-state index is 13.8. The Balaban J connectivity index is 2.37. The molecule has 4 nitrogen and oxygen atoms in total. The Kier molecular flexibility index (Phi) is 8.10. The number of hydrogen-bond acceptors (Lipinski definition) is 4. The molecule has 1 aromatic carbocycles. The van der Waals surface area contributed by atoms with E-state index in [9.17, 15) is 4.57 Å². The van der Waals surface area contributed by atoms with E-state index >= 15 is 0 Å². The molecule has 0 aliphatic heterocycles. The molecule has 0 unspecified atom stereocenters. The largest absolute Gasteiger partial charge is 0.369 e. The zero-order valence-electron chi connectivity index (χ0n) is 15.0. The molecule has 1 aromatic rings. The number of hydrogen-bond donors (Lipinski definition) is 1. The van der Waals surface area contributed by atoms with E-state index in [1.807, 2.05) is 13.8 Å². The Morgan fingerprint density at radius 3 is 2.00 bits per heavy atom. The summed E-state index contributed by atoms with van der Waals surface area (Å²) >= 11 is 12.3. The Hall–Kier alpha value is -0.250. The van der Waals surface area contributed by atoms with Gasteiger partial charge in [0.05, 0.1) is 13.2 Å². The van der Waals surface area contributed by atoms with Crippen LogP contribution < -0.4 is 5.32 Å². The highest BCUT2D eigenvalue weighted by Gasteiger charge is 2.51. The summed E-state index contributed by atoms with van der Waals surface area (Å²) in [5.74, 6) is 0. The highest BCUT2D eigenvalue weighted by Crippen LogP contribution is 2.65. The van der Waals surface area contributed by atoms with Crippen LogP contribution in [0.4, 0.5) is 5.69 Å². The number of nitrogens with one attached hydrogen (secondary N) is 1. The van der Waals surface area contributed by atoms with E-state index in [1.165, 1.54) is 0 Å². The Morgan fingerprint density at radius 2 is 1.52 bits per heavy atom. The molecule has 0 heterocycles. The lowest BCUT2D eigenvalue weighted by molar-refractivity contribution is 0.175. The number of halogens is 2. The van der Waals surface area contributed by atoms with Crippen LogP contribution in [0.5, 0.6) is 0 Å². The van der Waals surface area contributed by atoms with Crippen LogP contribution in [0.2, 0.25) is 10.0 Å². The molecule has 7 heteroatoms. The minimum atomic E-state index is -3.35. The Labute approximate surface area is 161 Å². The van der Waals surface area contributed by atoms with Gasteiger partial charge in [-0.05, 0) is 43.9 Å². The number of benzene rings is 1. The summed E-state index contributed by atoms with van der Waals surface area (Å²) in [4.78, 5) is 0. The van der Waals surface area contributed by atoms with Gasteiger partial charge in [0.25, 0.3) is 0 Å². The van der Waals surface area contributed by atoms with Gasteiger partial charge in [0, 0.05) is 15.7 Å². The van der Waals surface area contributed by atoms with Gasteiger partial charge < -0.3 is 14.4 Å². The van der Waals surface area contributed by atoms with Crippen LogP contribution in [0.15, 0.2) is 18.2 Å². The van der Waals surface area contributed by atoms with Crippen molar-refractivity contribution in [3.8, 4) is 0 Å². The van der Waals surface area contributed by atoms with Crippen LogP contribution in [-0.4, -0.2) is 18.5 Å². The third-order valence-electron chi connectivity index (χ3n) is 4.38. The molecule has 0 atom stereocenters. The summed E-state index contributed by atoms with van der Waals surface area (Å²) in [7, 11) is -3.35. The lowest BCUT2D eigenvalue weighted by Crippen LogP contribution is -2.41. The molecule has 0 spiro atoms. The first-order chi connectivity index (χ1) is 11.9. The Bertz CT molecular complexity index is 574. The van der Waals surface area contributed by atoms with E-state index in [2.05, 4.69) is 5.32 Å². The van der Waals surface area contributed by atoms with Crippen molar-refractivity contribution in [2.24, 2.45) is 0 Å². The van der Waals surface area contributed by atoms with Crippen molar-refractivity contribution in [2.75, 3.05) is 18.5 Å². The van der Waals surface area contributed by atoms with Crippen molar-refractivity contribution in [2.45, 2.75) is 64.1 Å². The van der Waals surface area contributed by atoms with Gasteiger partial charge >= 0.3 is 7.60 Å². The van der Waals surface area contributed by atoms with E-state index in [0.717, 1.165) is 50.6 Å². The molecule has 0 amide bonds. The fourth-order valence-electron chi connectivity index (χ4n) is 3.21. The van der Waals surface area contributed by atoms with Gasteiger partial charge in [0.15, 0.2) is 0 Å². The molecule has 142 valence electrons. The molecule has 1 N–H and O–H groups in total. The van der Waals surface area contributed by atoms with Crippen LogP contribution in [-0.2, 0) is 13.6 Å². The summed E-state index contributed by atoms with van der Waals surface area (Å²) in [6.45, 7) is 4.84. The lowest BCUT2D eigenvalue weighted by atomic mass is 9.94. The third-order valence-corrected chi connectivity index (χ3v) is 7.46. The van der Waals surface area contributed by atoms with Crippen molar-refractivity contribution in [3.63, 3.8) is 0 Å². The van der Waals surface area contributed by atoms with E-state index < -0.39 is 12.9 Å². The van der Waals surface area contributed by atoms with Crippen molar-refractivity contribution in [3.05, 3.63) is 28.2 Å². The van der Waals surface area contributed by atoms with Gasteiger partial charge in [0.1, 0.15) is 5.28 Å².